The summed E-state index contributed by atoms with van der Waals surface area (Å²) >= 11 is 0. The molecule has 0 aromatic heterocycles. The number of benzene rings is 1. The smallest absolute Gasteiger partial charge is 0.320 e. The summed E-state index contributed by atoms with van der Waals surface area (Å²) < 4.78 is 0. The molecule has 96 valence electrons. The van der Waals surface area contributed by atoms with Gasteiger partial charge in [0.25, 0.3) is 0 Å². The number of carboxylic acids is 1. The first kappa shape index (κ1) is 12.6. The van der Waals surface area contributed by atoms with Crippen molar-refractivity contribution < 1.29 is 9.90 Å². The minimum Gasteiger partial charge on any atom is -0.480 e. The molecule has 0 saturated carbocycles. The van der Waals surface area contributed by atoms with Crippen LogP contribution in [0.1, 0.15) is 11.1 Å². The van der Waals surface area contributed by atoms with Crippen LogP contribution in [-0.4, -0.2) is 48.0 Å². The summed E-state index contributed by atoms with van der Waals surface area (Å²) in [5.74, 6) is 0.0167. The van der Waals surface area contributed by atoms with Crippen molar-refractivity contribution in [3.05, 3.63) is 35.4 Å². The van der Waals surface area contributed by atoms with Gasteiger partial charge in [0, 0.05) is 19.2 Å². The van der Waals surface area contributed by atoms with E-state index in [0.29, 0.717) is 6.42 Å². The number of nitrogens with zero attached hydrogens (tertiary/aromatic N) is 2. The third kappa shape index (κ3) is 2.68. The molecule has 3 N–H and O–H groups in total. The second kappa shape index (κ2) is 5.18. The molecule has 5 heteroatoms. The number of carboxylic acid groups (broad SMARTS) is 1. The molecule has 18 heavy (non-hydrogen) atoms. The lowest BCUT2D eigenvalue weighted by Crippen LogP contribution is -2.32. The van der Waals surface area contributed by atoms with E-state index in [9.17, 15) is 4.79 Å². The fourth-order valence-corrected chi connectivity index (χ4v) is 1.98. The predicted molar refractivity (Wildman–Crippen MR) is 69.8 cm³/mol. The first-order chi connectivity index (χ1) is 8.58. The van der Waals surface area contributed by atoms with Gasteiger partial charge in [-0.25, -0.2) is 0 Å². The summed E-state index contributed by atoms with van der Waals surface area (Å²) in [5, 5.41) is 8.75. The third-order valence-corrected chi connectivity index (χ3v) is 3.04. The van der Waals surface area contributed by atoms with E-state index < -0.39 is 12.0 Å². The van der Waals surface area contributed by atoms with Crippen molar-refractivity contribution in [2.45, 2.75) is 12.5 Å². The highest BCUT2D eigenvalue weighted by atomic mass is 16.4. The number of aliphatic carboxylic acids is 1. The van der Waals surface area contributed by atoms with Gasteiger partial charge < -0.3 is 15.7 Å². The Kier molecular flexibility index (Phi) is 3.62. The van der Waals surface area contributed by atoms with Crippen molar-refractivity contribution in [3.63, 3.8) is 0 Å². The van der Waals surface area contributed by atoms with Crippen LogP contribution < -0.4 is 5.73 Å². The topological polar surface area (TPSA) is 78.9 Å². The molecular formula is C13H17N3O2. The van der Waals surface area contributed by atoms with Gasteiger partial charge in [0.2, 0.25) is 0 Å². The fraction of sp³-hybridized carbons (Fsp3) is 0.385. The van der Waals surface area contributed by atoms with Crippen LogP contribution >= 0.6 is 0 Å². The number of likely N-dealkylation sites (N-methyl/N-ethyl adjacent to an activating group) is 1. The monoisotopic (exact) mass is 247 g/mol. The average Bonchev–Trinajstić information content (AvgIpc) is 2.76. The number of rotatable bonds is 4. The van der Waals surface area contributed by atoms with E-state index in [0.717, 1.165) is 30.1 Å². The molecule has 1 heterocycles. The minimum atomic E-state index is -0.973. The highest BCUT2D eigenvalue weighted by Gasteiger charge is 2.15. The summed E-state index contributed by atoms with van der Waals surface area (Å²) in [7, 11) is 2.01. The number of aliphatic imine (C=N–C) groups is 1. The maximum absolute atomic E-state index is 10.7. The van der Waals surface area contributed by atoms with Gasteiger partial charge in [-0.15, -0.1) is 0 Å². The first-order valence-corrected chi connectivity index (χ1v) is 5.91. The summed E-state index contributed by atoms with van der Waals surface area (Å²) in [6.45, 7) is 1.78. The number of hydrogen-bond donors (Lipinski definition) is 2. The summed E-state index contributed by atoms with van der Waals surface area (Å²) in [6.07, 6.45) is 0.345. The summed E-state index contributed by atoms with van der Waals surface area (Å²) in [5.41, 5.74) is 7.48. The van der Waals surface area contributed by atoms with Gasteiger partial charge >= 0.3 is 5.97 Å². The Hall–Kier alpha value is -1.88. The van der Waals surface area contributed by atoms with E-state index in [2.05, 4.69) is 9.89 Å². The fourth-order valence-electron chi connectivity index (χ4n) is 1.98. The van der Waals surface area contributed by atoms with Gasteiger partial charge in [-0.3, -0.25) is 9.79 Å². The number of carbonyl (C=O) groups is 1. The van der Waals surface area contributed by atoms with Crippen molar-refractivity contribution in [3.8, 4) is 0 Å². The Balaban J connectivity index is 2.08. The lowest BCUT2D eigenvalue weighted by Gasteiger charge is -2.14. The second-order valence-electron chi connectivity index (χ2n) is 4.47. The van der Waals surface area contributed by atoms with E-state index in [4.69, 9.17) is 10.8 Å². The molecule has 0 bridgehead atoms. The molecule has 0 amide bonds. The van der Waals surface area contributed by atoms with Crippen molar-refractivity contribution in [2.24, 2.45) is 10.7 Å². The molecule has 1 aromatic carbocycles. The molecule has 0 spiro atoms. The highest BCUT2D eigenvalue weighted by molar-refractivity contribution is 5.99. The van der Waals surface area contributed by atoms with Crippen molar-refractivity contribution in [1.82, 2.24) is 4.90 Å². The largest absolute Gasteiger partial charge is 0.480 e. The zero-order chi connectivity index (χ0) is 13.1. The molecule has 0 saturated heterocycles. The standard InChI is InChI=1S/C13H17N3O2/c1-16-7-6-15-12(16)10-4-2-9(3-5-10)8-11(14)13(17)18/h2-5,11H,6-8,14H2,1H3,(H,17,18). The van der Waals surface area contributed by atoms with Crippen molar-refractivity contribution >= 4 is 11.8 Å². The second-order valence-corrected chi connectivity index (χ2v) is 4.47. The maximum atomic E-state index is 10.7. The minimum absolute atomic E-state index is 0.345. The normalized spacial score (nSPS) is 16.6. The Bertz CT molecular complexity index is 468. The van der Waals surface area contributed by atoms with Crippen molar-refractivity contribution in [2.75, 3.05) is 20.1 Å². The van der Waals surface area contributed by atoms with Crippen LogP contribution in [0, 0.1) is 0 Å². The van der Waals surface area contributed by atoms with E-state index in [-0.39, 0.29) is 0 Å². The Morgan fingerprint density at radius 1 is 1.50 bits per heavy atom. The molecule has 1 unspecified atom stereocenters. The first-order valence-electron chi connectivity index (χ1n) is 5.91. The molecule has 0 radical (unpaired) electrons. The number of nitrogens with two attached hydrogens (primary N) is 1. The SMILES string of the molecule is CN1CCN=C1c1ccc(CC(N)C(=O)O)cc1. The van der Waals surface area contributed by atoms with Crippen LogP contribution in [0.15, 0.2) is 29.3 Å². The van der Waals surface area contributed by atoms with Crippen LogP contribution in [0.5, 0.6) is 0 Å². The van der Waals surface area contributed by atoms with Crippen LogP contribution in [-0.2, 0) is 11.2 Å². The lowest BCUT2D eigenvalue weighted by atomic mass is 10.0. The molecule has 0 aliphatic carbocycles. The zero-order valence-corrected chi connectivity index (χ0v) is 10.3. The Labute approximate surface area is 106 Å². The lowest BCUT2D eigenvalue weighted by molar-refractivity contribution is -0.138. The quantitative estimate of drug-likeness (QED) is 0.803. The molecule has 5 nitrogen and oxygen atoms in total. The Morgan fingerprint density at radius 2 is 2.17 bits per heavy atom. The van der Waals surface area contributed by atoms with Gasteiger partial charge in [0.1, 0.15) is 11.9 Å². The van der Waals surface area contributed by atoms with Crippen LogP contribution in [0.2, 0.25) is 0 Å². The van der Waals surface area contributed by atoms with Gasteiger partial charge in [0.05, 0.1) is 6.54 Å². The third-order valence-electron chi connectivity index (χ3n) is 3.04. The van der Waals surface area contributed by atoms with Crippen molar-refractivity contribution in [1.29, 1.82) is 0 Å². The average molecular weight is 247 g/mol. The molecular weight excluding hydrogens is 230 g/mol. The molecule has 1 aliphatic heterocycles. The van der Waals surface area contributed by atoms with Gasteiger partial charge in [0.15, 0.2) is 0 Å². The molecule has 1 aromatic rings. The highest BCUT2D eigenvalue weighted by Crippen LogP contribution is 2.12. The van der Waals surface area contributed by atoms with E-state index in [1.165, 1.54) is 0 Å². The van der Waals surface area contributed by atoms with Crippen LogP contribution in [0.25, 0.3) is 0 Å². The maximum Gasteiger partial charge on any atom is 0.320 e. The molecule has 0 fully saturated rings. The van der Waals surface area contributed by atoms with Gasteiger partial charge in [-0.1, -0.05) is 24.3 Å². The van der Waals surface area contributed by atoms with Gasteiger partial charge in [-0.05, 0) is 12.0 Å². The van der Waals surface area contributed by atoms with E-state index >= 15 is 0 Å². The van der Waals surface area contributed by atoms with Crippen LogP contribution in [0.4, 0.5) is 0 Å². The number of hydrogen-bond acceptors (Lipinski definition) is 4. The van der Waals surface area contributed by atoms with Gasteiger partial charge in [-0.2, -0.15) is 0 Å². The molecule has 1 aliphatic rings. The van der Waals surface area contributed by atoms with Crippen LogP contribution in [0.3, 0.4) is 0 Å². The summed E-state index contributed by atoms with van der Waals surface area (Å²) in [6, 6.07) is 6.90. The number of amidine groups is 1. The summed E-state index contributed by atoms with van der Waals surface area (Å²) in [4.78, 5) is 17.2. The zero-order valence-electron chi connectivity index (χ0n) is 10.3. The Morgan fingerprint density at radius 3 is 2.67 bits per heavy atom. The van der Waals surface area contributed by atoms with E-state index in [1.807, 2.05) is 31.3 Å². The predicted octanol–water partition coefficient (Wildman–Crippen LogP) is 0.333. The molecule has 1 atom stereocenters. The van der Waals surface area contributed by atoms with E-state index in [1.54, 1.807) is 0 Å². The molecule has 2 rings (SSSR count).